The molecule has 1 aromatic carbocycles. The van der Waals surface area contributed by atoms with Gasteiger partial charge in [-0.15, -0.1) is 11.3 Å². The quantitative estimate of drug-likeness (QED) is 0.718. The molecule has 3 rings (SSSR count). The van der Waals surface area contributed by atoms with E-state index in [1.165, 1.54) is 17.0 Å². The third-order valence-electron chi connectivity index (χ3n) is 4.48. The number of piperazine rings is 1. The van der Waals surface area contributed by atoms with Crippen LogP contribution in [0.3, 0.4) is 0 Å². The van der Waals surface area contributed by atoms with Gasteiger partial charge in [-0.3, -0.25) is 9.69 Å². The van der Waals surface area contributed by atoms with Crippen LogP contribution < -0.4 is 10.2 Å². The maximum Gasteiger partial charge on any atom is 0.270 e. The van der Waals surface area contributed by atoms with Gasteiger partial charge in [0.05, 0.1) is 6.61 Å². The Morgan fingerprint density at radius 3 is 2.73 bits per heavy atom. The largest absolute Gasteiger partial charge is 0.378 e. The maximum absolute atomic E-state index is 12.1. The summed E-state index contributed by atoms with van der Waals surface area (Å²) in [6.45, 7) is 6.37. The van der Waals surface area contributed by atoms with Gasteiger partial charge in [-0.05, 0) is 25.1 Å². The molecule has 0 atom stereocenters. The van der Waals surface area contributed by atoms with E-state index in [9.17, 15) is 4.79 Å². The van der Waals surface area contributed by atoms with E-state index in [0.717, 1.165) is 44.2 Å². The van der Waals surface area contributed by atoms with Gasteiger partial charge in [0, 0.05) is 50.9 Å². The van der Waals surface area contributed by atoms with E-state index in [1.807, 2.05) is 0 Å². The van der Waals surface area contributed by atoms with Crippen LogP contribution in [0.1, 0.15) is 21.9 Å². The van der Waals surface area contributed by atoms with Crippen LogP contribution in [0.25, 0.3) is 0 Å². The summed E-state index contributed by atoms with van der Waals surface area (Å²) in [6.07, 6.45) is 0.951. The third kappa shape index (κ3) is 5.27. The average molecular weight is 375 g/mol. The van der Waals surface area contributed by atoms with Crippen molar-refractivity contribution >= 4 is 22.9 Å². The van der Waals surface area contributed by atoms with Crippen molar-refractivity contribution in [2.24, 2.45) is 0 Å². The van der Waals surface area contributed by atoms with Gasteiger partial charge in [0.1, 0.15) is 10.7 Å². The van der Waals surface area contributed by atoms with Gasteiger partial charge in [-0.1, -0.05) is 18.2 Å². The van der Waals surface area contributed by atoms with Crippen molar-refractivity contribution < 1.29 is 9.53 Å². The van der Waals surface area contributed by atoms with E-state index in [4.69, 9.17) is 4.74 Å². The Hall–Kier alpha value is -1.96. The predicted molar refractivity (Wildman–Crippen MR) is 105 cm³/mol. The molecule has 1 aliphatic rings. The summed E-state index contributed by atoms with van der Waals surface area (Å²) >= 11 is 1.45. The number of nitrogens with zero attached hydrogens (tertiary/aromatic N) is 3. The van der Waals surface area contributed by atoms with Crippen molar-refractivity contribution in [1.29, 1.82) is 0 Å². The molecule has 2 heterocycles. The highest BCUT2D eigenvalue weighted by atomic mass is 32.1. The number of rotatable bonds is 8. The fourth-order valence-corrected chi connectivity index (χ4v) is 3.81. The fraction of sp³-hybridized carbons (Fsp3) is 0.474. The second kappa shape index (κ2) is 9.66. The molecule has 6 nitrogen and oxygen atoms in total. The van der Waals surface area contributed by atoms with Gasteiger partial charge in [0.25, 0.3) is 5.91 Å². The molecule has 0 radical (unpaired) electrons. The van der Waals surface area contributed by atoms with Crippen molar-refractivity contribution in [2.75, 3.05) is 51.3 Å². The Bertz CT molecular complexity index is 684. The number of methoxy groups -OCH3 is 1. The summed E-state index contributed by atoms with van der Waals surface area (Å²) in [4.78, 5) is 21.2. The first-order valence-electron chi connectivity index (χ1n) is 9.00. The summed E-state index contributed by atoms with van der Waals surface area (Å²) in [7, 11) is 1.63. The summed E-state index contributed by atoms with van der Waals surface area (Å²) < 4.78 is 5.03. The first-order valence-corrected chi connectivity index (χ1v) is 9.88. The van der Waals surface area contributed by atoms with Gasteiger partial charge in [-0.2, -0.15) is 0 Å². The standard InChI is InChI=1S/C19H26N4O2S/c1-25-14-18-21-17(15-26-18)19(24)20-8-5-9-22-10-12-23(13-11-22)16-6-3-2-4-7-16/h2-4,6-7,15H,5,8-14H2,1H3,(H,20,24). The van der Waals surface area contributed by atoms with Gasteiger partial charge >= 0.3 is 0 Å². The summed E-state index contributed by atoms with van der Waals surface area (Å²) in [5.41, 5.74) is 1.79. The lowest BCUT2D eigenvalue weighted by atomic mass is 10.2. The van der Waals surface area contributed by atoms with Gasteiger partial charge in [0.15, 0.2) is 0 Å². The van der Waals surface area contributed by atoms with Crippen LogP contribution in [0.15, 0.2) is 35.7 Å². The molecule has 1 aliphatic heterocycles. The molecular weight excluding hydrogens is 348 g/mol. The Kier molecular flexibility index (Phi) is 6.99. The van der Waals surface area contributed by atoms with Crippen LogP contribution in [0.5, 0.6) is 0 Å². The van der Waals surface area contributed by atoms with E-state index in [2.05, 4.69) is 50.4 Å². The lowest BCUT2D eigenvalue weighted by Crippen LogP contribution is -2.47. The van der Waals surface area contributed by atoms with Crippen LogP contribution in [0.4, 0.5) is 5.69 Å². The Labute approximate surface area is 158 Å². The van der Waals surface area contributed by atoms with Crippen molar-refractivity contribution in [3.8, 4) is 0 Å². The number of aromatic nitrogens is 1. The number of para-hydroxylation sites is 1. The molecule has 26 heavy (non-hydrogen) atoms. The minimum Gasteiger partial charge on any atom is -0.378 e. The van der Waals surface area contributed by atoms with Gasteiger partial charge < -0.3 is 15.0 Å². The average Bonchev–Trinajstić information content (AvgIpc) is 3.15. The molecule has 1 saturated heterocycles. The Balaban J connectivity index is 1.32. The Morgan fingerprint density at radius 1 is 1.23 bits per heavy atom. The maximum atomic E-state index is 12.1. The molecule has 0 aliphatic carbocycles. The highest BCUT2D eigenvalue weighted by Gasteiger charge is 2.16. The van der Waals surface area contributed by atoms with Crippen LogP contribution >= 0.6 is 11.3 Å². The van der Waals surface area contributed by atoms with E-state index < -0.39 is 0 Å². The Morgan fingerprint density at radius 2 is 2.00 bits per heavy atom. The predicted octanol–water partition coefficient (Wildman–Crippen LogP) is 2.23. The van der Waals surface area contributed by atoms with E-state index in [1.54, 1.807) is 12.5 Å². The van der Waals surface area contributed by atoms with Crippen molar-refractivity contribution in [3.05, 3.63) is 46.4 Å². The molecule has 0 bridgehead atoms. The van der Waals surface area contributed by atoms with Crippen LogP contribution in [-0.2, 0) is 11.3 Å². The number of benzene rings is 1. The lowest BCUT2D eigenvalue weighted by molar-refractivity contribution is 0.0946. The van der Waals surface area contributed by atoms with E-state index in [-0.39, 0.29) is 5.91 Å². The first-order chi connectivity index (χ1) is 12.8. The molecule has 0 unspecified atom stereocenters. The zero-order chi connectivity index (χ0) is 18.2. The van der Waals surface area contributed by atoms with Crippen molar-refractivity contribution in [1.82, 2.24) is 15.2 Å². The van der Waals surface area contributed by atoms with Crippen LogP contribution in [0, 0.1) is 0 Å². The molecule has 1 N–H and O–H groups in total. The summed E-state index contributed by atoms with van der Waals surface area (Å²) in [6, 6.07) is 10.6. The molecule has 140 valence electrons. The lowest BCUT2D eigenvalue weighted by Gasteiger charge is -2.36. The molecular formula is C19H26N4O2S. The topological polar surface area (TPSA) is 57.7 Å². The molecule has 0 spiro atoms. The molecule has 2 aromatic rings. The van der Waals surface area contributed by atoms with Crippen molar-refractivity contribution in [3.63, 3.8) is 0 Å². The number of thiazole rings is 1. The molecule has 7 heteroatoms. The van der Waals surface area contributed by atoms with Gasteiger partial charge in [0.2, 0.25) is 0 Å². The molecule has 0 saturated carbocycles. The highest BCUT2D eigenvalue weighted by Crippen LogP contribution is 2.15. The smallest absolute Gasteiger partial charge is 0.270 e. The second-order valence-corrected chi connectivity index (χ2v) is 7.28. The minimum absolute atomic E-state index is 0.0995. The summed E-state index contributed by atoms with van der Waals surface area (Å²) in [5.74, 6) is -0.0995. The van der Waals surface area contributed by atoms with E-state index >= 15 is 0 Å². The number of nitrogens with one attached hydrogen (secondary N) is 1. The first kappa shape index (κ1) is 18.8. The zero-order valence-corrected chi connectivity index (χ0v) is 16.0. The van der Waals surface area contributed by atoms with Crippen LogP contribution in [0.2, 0.25) is 0 Å². The SMILES string of the molecule is COCc1nc(C(=O)NCCCN2CCN(c3ccccc3)CC2)cs1. The van der Waals surface area contributed by atoms with Crippen LogP contribution in [-0.4, -0.2) is 62.2 Å². The van der Waals surface area contributed by atoms with E-state index in [0.29, 0.717) is 18.8 Å². The molecule has 1 amide bonds. The minimum atomic E-state index is -0.0995. The monoisotopic (exact) mass is 374 g/mol. The number of hydrogen-bond acceptors (Lipinski definition) is 6. The third-order valence-corrected chi connectivity index (χ3v) is 5.30. The number of carbonyl (C=O) groups excluding carboxylic acids is 1. The fourth-order valence-electron chi connectivity index (χ4n) is 3.07. The highest BCUT2D eigenvalue weighted by molar-refractivity contribution is 7.09. The van der Waals surface area contributed by atoms with Crippen molar-refractivity contribution in [2.45, 2.75) is 13.0 Å². The molecule has 1 fully saturated rings. The van der Waals surface area contributed by atoms with Gasteiger partial charge in [-0.25, -0.2) is 4.98 Å². The number of hydrogen-bond donors (Lipinski definition) is 1. The summed E-state index contributed by atoms with van der Waals surface area (Å²) in [5, 5.41) is 5.57. The molecule has 1 aromatic heterocycles. The number of carbonyl (C=O) groups is 1. The normalized spacial score (nSPS) is 15.2. The number of amides is 1. The second-order valence-electron chi connectivity index (χ2n) is 6.33. The number of ether oxygens (including phenoxy) is 1. The number of anilines is 1. The zero-order valence-electron chi connectivity index (χ0n) is 15.2.